The number of nitrogens with two attached hydrogens (primary N) is 1. The molecule has 100 valence electrons. The van der Waals surface area contributed by atoms with E-state index in [2.05, 4.69) is 39.0 Å². The van der Waals surface area contributed by atoms with Crippen molar-refractivity contribution in [2.24, 2.45) is 11.7 Å². The second-order valence-electron chi connectivity index (χ2n) is 4.87. The second kappa shape index (κ2) is 6.55. The Balaban J connectivity index is 1.99. The van der Waals surface area contributed by atoms with Crippen molar-refractivity contribution in [3.63, 3.8) is 0 Å². The zero-order chi connectivity index (χ0) is 13.0. The van der Waals surface area contributed by atoms with E-state index in [0.717, 1.165) is 35.7 Å². The van der Waals surface area contributed by atoms with Crippen LogP contribution in [-0.4, -0.2) is 26.8 Å². The van der Waals surface area contributed by atoms with Crippen molar-refractivity contribution in [2.45, 2.75) is 19.4 Å². The molecule has 3 nitrogen and oxygen atoms in total. The van der Waals surface area contributed by atoms with E-state index in [1.165, 1.54) is 18.5 Å². The summed E-state index contributed by atoms with van der Waals surface area (Å²) < 4.78 is 6.34. The molecule has 1 aliphatic rings. The Morgan fingerprint density at radius 3 is 2.67 bits per heavy atom. The summed E-state index contributed by atoms with van der Waals surface area (Å²) in [7, 11) is 1.79. The van der Waals surface area contributed by atoms with Gasteiger partial charge in [0.05, 0.1) is 0 Å². The van der Waals surface area contributed by atoms with Gasteiger partial charge in [0, 0.05) is 43.5 Å². The van der Waals surface area contributed by atoms with Gasteiger partial charge in [-0.25, -0.2) is 0 Å². The lowest BCUT2D eigenvalue weighted by Crippen LogP contribution is -2.35. The van der Waals surface area contributed by atoms with Gasteiger partial charge in [0.25, 0.3) is 0 Å². The molecule has 0 amide bonds. The third-order valence-corrected chi connectivity index (χ3v) is 4.38. The standard InChI is InChI=1S/C14H21BrN2O/c1-18-10-11-4-6-17(7-5-11)13-3-2-12(9-16)14(15)8-13/h2-3,8,11H,4-7,9-10,16H2,1H3. The number of hydrogen-bond donors (Lipinski definition) is 1. The van der Waals surface area contributed by atoms with E-state index in [9.17, 15) is 0 Å². The highest BCUT2D eigenvalue weighted by atomic mass is 79.9. The lowest BCUT2D eigenvalue weighted by atomic mass is 9.97. The third-order valence-electron chi connectivity index (χ3n) is 3.64. The normalized spacial score (nSPS) is 17.2. The van der Waals surface area contributed by atoms with Crippen LogP contribution in [0, 0.1) is 5.92 Å². The van der Waals surface area contributed by atoms with Crippen molar-refractivity contribution in [1.29, 1.82) is 0 Å². The van der Waals surface area contributed by atoms with E-state index in [1.54, 1.807) is 7.11 Å². The Bertz CT molecular complexity index is 389. The zero-order valence-electron chi connectivity index (χ0n) is 10.9. The zero-order valence-corrected chi connectivity index (χ0v) is 12.4. The average Bonchev–Trinajstić information content (AvgIpc) is 2.40. The predicted octanol–water partition coefficient (Wildman–Crippen LogP) is 2.77. The fourth-order valence-electron chi connectivity index (χ4n) is 2.49. The summed E-state index contributed by atoms with van der Waals surface area (Å²) in [6, 6.07) is 6.46. The predicted molar refractivity (Wildman–Crippen MR) is 78.8 cm³/mol. The number of rotatable bonds is 4. The van der Waals surface area contributed by atoms with Gasteiger partial charge in [0.15, 0.2) is 0 Å². The molecule has 18 heavy (non-hydrogen) atoms. The van der Waals surface area contributed by atoms with Gasteiger partial charge < -0.3 is 15.4 Å². The summed E-state index contributed by atoms with van der Waals surface area (Å²) in [4.78, 5) is 2.44. The molecule has 1 aliphatic heterocycles. The summed E-state index contributed by atoms with van der Waals surface area (Å²) in [5.74, 6) is 0.720. The molecular formula is C14H21BrN2O. The molecule has 0 radical (unpaired) electrons. The molecule has 0 aliphatic carbocycles. The quantitative estimate of drug-likeness (QED) is 0.929. The molecule has 1 saturated heterocycles. The molecular weight excluding hydrogens is 292 g/mol. The number of nitrogens with zero attached hydrogens (tertiary/aromatic N) is 1. The van der Waals surface area contributed by atoms with Crippen molar-refractivity contribution in [3.8, 4) is 0 Å². The fraction of sp³-hybridized carbons (Fsp3) is 0.571. The van der Waals surface area contributed by atoms with Gasteiger partial charge in [-0.3, -0.25) is 0 Å². The van der Waals surface area contributed by atoms with Crippen LogP contribution in [0.5, 0.6) is 0 Å². The number of benzene rings is 1. The molecule has 0 aromatic heterocycles. The van der Waals surface area contributed by atoms with Crippen molar-refractivity contribution in [3.05, 3.63) is 28.2 Å². The van der Waals surface area contributed by atoms with Crippen molar-refractivity contribution < 1.29 is 4.74 Å². The minimum atomic E-state index is 0.580. The highest BCUT2D eigenvalue weighted by Crippen LogP contribution is 2.27. The molecule has 0 saturated carbocycles. The first-order chi connectivity index (χ1) is 8.74. The summed E-state index contributed by atoms with van der Waals surface area (Å²) in [6.45, 7) is 3.70. The van der Waals surface area contributed by atoms with Crippen LogP contribution in [0.15, 0.2) is 22.7 Å². The van der Waals surface area contributed by atoms with E-state index in [4.69, 9.17) is 10.5 Å². The van der Waals surface area contributed by atoms with E-state index in [0.29, 0.717) is 6.54 Å². The molecule has 0 unspecified atom stereocenters. The first-order valence-corrected chi connectivity index (χ1v) is 7.26. The Morgan fingerprint density at radius 2 is 2.11 bits per heavy atom. The van der Waals surface area contributed by atoms with Gasteiger partial charge in [-0.05, 0) is 36.5 Å². The average molecular weight is 313 g/mol. The van der Waals surface area contributed by atoms with Crippen LogP contribution in [0.2, 0.25) is 0 Å². The number of piperidine rings is 1. The smallest absolute Gasteiger partial charge is 0.0491 e. The SMILES string of the molecule is COCC1CCN(c2ccc(CN)c(Br)c2)CC1. The lowest BCUT2D eigenvalue weighted by Gasteiger charge is -2.33. The second-order valence-corrected chi connectivity index (χ2v) is 5.72. The number of anilines is 1. The molecule has 2 rings (SSSR count). The molecule has 0 bridgehead atoms. The van der Waals surface area contributed by atoms with E-state index < -0.39 is 0 Å². The summed E-state index contributed by atoms with van der Waals surface area (Å²) >= 11 is 3.58. The largest absolute Gasteiger partial charge is 0.384 e. The van der Waals surface area contributed by atoms with Gasteiger partial charge in [-0.1, -0.05) is 22.0 Å². The van der Waals surface area contributed by atoms with E-state index in [1.807, 2.05) is 0 Å². The molecule has 1 fully saturated rings. The summed E-state index contributed by atoms with van der Waals surface area (Å²) in [5, 5.41) is 0. The van der Waals surface area contributed by atoms with Crippen LogP contribution >= 0.6 is 15.9 Å². The van der Waals surface area contributed by atoms with Crippen LogP contribution in [0.25, 0.3) is 0 Å². The fourth-order valence-corrected chi connectivity index (χ4v) is 3.02. The van der Waals surface area contributed by atoms with E-state index >= 15 is 0 Å². The van der Waals surface area contributed by atoms with Gasteiger partial charge in [0.2, 0.25) is 0 Å². The number of methoxy groups -OCH3 is 1. The number of ether oxygens (including phenoxy) is 1. The third kappa shape index (κ3) is 3.25. The minimum absolute atomic E-state index is 0.580. The van der Waals surface area contributed by atoms with Crippen LogP contribution < -0.4 is 10.6 Å². The topological polar surface area (TPSA) is 38.5 Å². The monoisotopic (exact) mass is 312 g/mol. The molecule has 1 heterocycles. The molecule has 0 spiro atoms. The molecule has 0 atom stereocenters. The van der Waals surface area contributed by atoms with E-state index in [-0.39, 0.29) is 0 Å². The Morgan fingerprint density at radius 1 is 1.39 bits per heavy atom. The number of halogens is 1. The van der Waals surface area contributed by atoms with Crippen molar-refractivity contribution >= 4 is 21.6 Å². The summed E-state index contributed by atoms with van der Waals surface area (Å²) in [6.07, 6.45) is 2.42. The highest BCUT2D eigenvalue weighted by Gasteiger charge is 2.19. The first kappa shape index (κ1) is 13.8. The molecule has 2 N–H and O–H groups in total. The highest BCUT2D eigenvalue weighted by molar-refractivity contribution is 9.10. The maximum atomic E-state index is 5.67. The van der Waals surface area contributed by atoms with Crippen molar-refractivity contribution in [1.82, 2.24) is 0 Å². The number of hydrogen-bond acceptors (Lipinski definition) is 3. The summed E-state index contributed by atoms with van der Waals surface area (Å²) in [5.41, 5.74) is 8.12. The lowest BCUT2D eigenvalue weighted by molar-refractivity contribution is 0.139. The van der Waals surface area contributed by atoms with Crippen molar-refractivity contribution in [2.75, 3.05) is 31.7 Å². The van der Waals surface area contributed by atoms with Gasteiger partial charge in [-0.2, -0.15) is 0 Å². The Kier molecular flexibility index (Phi) is 5.03. The van der Waals surface area contributed by atoms with Crippen LogP contribution in [-0.2, 0) is 11.3 Å². The van der Waals surface area contributed by atoms with Gasteiger partial charge >= 0.3 is 0 Å². The molecule has 4 heteroatoms. The first-order valence-electron chi connectivity index (χ1n) is 6.47. The Hall–Kier alpha value is -0.580. The molecule has 1 aromatic carbocycles. The maximum Gasteiger partial charge on any atom is 0.0491 e. The van der Waals surface area contributed by atoms with Gasteiger partial charge in [0.1, 0.15) is 0 Å². The molecule has 1 aromatic rings. The minimum Gasteiger partial charge on any atom is -0.384 e. The van der Waals surface area contributed by atoms with Crippen LogP contribution in [0.3, 0.4) is 0 Å². The maximum absolute atomic E-state index is 5.67. The van der Waals surface area contributed by atoms with Crippen LogP contribution in [0.1, 0.15) is 18.4 Å². The van der Waals surface area contributed by atoms with Gasteiger partial charge in [-0.15, -0.1) is 0 Å². The Labute approximate surface area is 117 Å². The van der Waals surface area contributed by atoms with Crippen LogP contribution in [0.4, 0.5) is 5.69 Å².